The first-order valence-electron chi connectivity index (χ1n) is 10.8. The third kappa shape index (κ3) is 6.72. The molecule has 1 aliphatic rings. The number of nitrogens with zero attached hydrogens (tertiary/aromatic N) is 1. The number of carbonyl (C=O) groups excluding carboxylic acids is 3. The molecule has 3 aromatic rings. The van der Waals surface area contributed by atoms with Gasteiger partial charge < -0.3 is 10.1 Å². The molecule has 0 aliphatic carbocycles. The zero-order valence-corrected chi connectivity index (χ0v) is 20.5. The summed E-state index contributed by atoms with van der Waals surface area (Å²) in [6, 6.07) is 18.1. The van der Waals surface area contributed by atoms with E-state index >= 15 is 0 Å². The SMILES string of the molecule is O=C(CN1C(=O)S/C(=C\c2ccccc2OCc2ccc(Cl)cc2)C1=O)Nc1cccc(C(F)(F)F)c1. The Labute approximate surface area is 219 Å². The average molecular weight is 547 g/mol. The van der Waals surface area contributed by atoms with Gasteiger partial charge in [0.25, 0.3) is 11.1 Å². The molecule has 1 aliphatic heterocycles. The molecule has 0 radical (unpaired) electrons. The molecular formula is C26H18ClF3N2O4S. The second-order valence-corrected chi connectivity index (χ2v) is 9.28. The van der Waals surface area contributed by atoms with Crippen LogP contribution < -0.4 is 10.1 Å². The van der Waals surface area contributed by atoms with Gasteiger partial charge in [0.2, 0.25) is 5.91 Å². The third-order valence-corrected chi connectivity index (χ3v) is 6.32. The smallest absolute Gasteiger partial charge is 0.416 e. The van der Waals surface area contributed by atoms with E-state index in [1.54, 1.807) is 36.4 Å². The quantitative estimate of drug-likeness (QED) is 0.337. The predicted octanol–water partition coefficient (Wildman–Crippen LogP) is 6.61. The van der Waals surface area contributed by atoms with E-state index in [1.807, 2.05) is 12.1 Å². The molecule has 0 bridgehead atoms. The summed E-state index contributed by atoms with van der Waals surface area (Å²) in [5, 5.41) is 2.22. The largest absolute Gasteiger partial charge is 0.488 e. The molecule has 4 rings (SSSR count). The summed E-state index contributed by atoms with van der Waals surface area (Å²) in [6.45, 7) is -0.397. The molecule has 1 N–H and O–H groups in total. The molecule has 0 saturated carbocycles. The van der Waals surface area contributed by atoms with Crippen LogP contribution in [0.15, 0.2) is 77.7 Å². The number of rotatable bonds is 7. The second kappa shape index (κ2) is 11.1. The maximum Gasteiger partial charge on any atom is 0.416 e. The van der Waals surface area contributed by atoms with Crippen LogP contribution in [0.4, 0.5) is 23.7 Å². The summed E-state index contributed by atoms with van der Waals surface area (Å²) >= 11 is 6.56. The van der Waals surface area contributed by atoms with Crippen molar-refractivity contribution >= 4 is 52.2 Å². The van der Waals surface area contributed by atoms with Crippen molar-refractivity contribution in [1.29, 1.82) is 0 Å². The molecule has 0 aromatic heterocycles. The van der Waals surface area contributed by atoms with Gasteiger partial charge in [-0.05, 0) is 59.8 Å². The summed E-state index contributed by atoms with van der Waals surface area (Å²) in [6.07, 6.45) is -3.08. The summed E-state index contributed by atoms with van der Waals surface area (Å²) in [5.74, 6) is -1.03. The normalized spacial score (nSPS) is 14.8. The Bertz CT molecular complexity index is 1380. The highest BCUT2D eigenvalue weighted by Crippen LogP contribution is 2.34. The van der Waals surface area contributed by atoms with E-state index in [9.17, 15) is 27.6 Å². The number of imide groups is 1. The molecule has 0 unspecified atom stereocenters. The van der Waals surface area contributed by atoms with Gasteiger partial charge in [0.05, 0.1) is 10.5 Å². The number of amides is 3. The summed E-state index contributed by atoms with van der Waals surface area (Å²) < 4.78 is 44.6. The van der Waals surface area contributed by atoms with Crippen molar-refractivity contribution < 1.29 is 32.3 Å². The molecule has 190 valence electrons. The molecular weight excluding hydrogens is 529 g/mol. The molecule has 1 saturated heterocycles. The Kier molecular flexibility index (Phi) is 7.89. The van der Waals surface area contributed by atoms with Crippen molar-refractivity contribution in [1.82, 2.24) is 4.90 Å². The Hall–Kier alpha value is -3.76. The van der Waals surface area contributed by atoms with Crippen LogP contribution in [0.25, 0.3) is 6.08 Å². The number of anilines is 1. The molecule has 3 aromatic carbocycles. The number of hydrogen-bond acceptors (Lipinski definition) is 5. The Balaban J connectivity index is 1.43. The van der Waals surface area contributed by atoms with E-state index in [4.69, 9.17) is 16.3 Å². The second-order valence-electron chi connectivity index (χ2n) is 7.85. The topological polar surface area (TPSA) is 75.7 Å². The lowest BCUT2D eigenvalue weighted by Crippen LogP contribution is -2.36. The van der Waals surface area contributed by atoms with Gasteiger partial charge in [0.1, 0.15) is 18.9 Å². The number of nitrogens with one attached hydrogen (secondary N) is 1. The van der Waals surface area contributed by atoms with Crippen molar-refractivity contribution in [2.24, 2.45) is 0 Å². The third-order valence-electron chi connectivity index (χ3n) is 5.16. The first-order valence-corrected chi connectivity index (χ1v) is 12.0. The minimum absolute atomic E-state index is 0.0828. The first kappa shape index (κ1) is 26.3. The van der Waals surface area contributed by atoms with Crippen molar-refractivity contribution in [3.8, 4) is 5.75 Å². The summed E-state index contributed by atoms with van der Waals surface area (Å²) in [5.41, 5.74) is 0.395. The molecule has 3 amide bonds. The van der Waals surface area contributed by atoms with Crippen LogP contribution in [-0.4, -0.2) is 28.5 Å². The van der Waals surface area contributed by atoms with E-state index in [1.165, 1.54) is 12.1 Å². The average Bonchev–Trinajstić information content (AvgIpc) is 3.11. The number of hydrogen-bond donors (Lipinski definition) is 1. The monoisotopic (exact) mass is 546 g/mol. The number of halogens is 4. The van der Waals surface area contributed by atoms with Crippen LogP contribution in [0.3, 0.4) is 0 Å². The molecule has 37 heavy (non-hydrogen) atoms. The van der Waals surface area contributed by atoms with Gasteiger partial charge >= 0.3 is 6.18 Å². The fourth-order valence-electron chi connectivity index (χ4n) is 3.37. The van der Waals surface area contributed by atoms with Gasteiger partial charge in [-0.3, -0.25) is 19.3 Å². The van der Waals surface area contributed by atoms with Crippen LogP contribution >= 0.6 is 23.4 Å². The predicted molar refractivity (Wildman–Crippen MR) is 135 cm³/mol. The van der Waals surface area contributed by atoms with Crippen LogP contribution in [-0.2, 0) is 22.4 Å². The van der Waals surface area contributed by atoms with Crippen molar-refractivity contribution in [2.75, 3.05) is 11.9 Å². The van der Waals surface area contributed by atoms with Gasteiger partial charge in [-0.1, -0.05) is 48.0 Å². The van der Waals surface area contributed by atoms with E-state index < -0.39 is 35.3 Å². The fourth-order valence-corrected chi connectivity index (χ4v) is 4.32. The van der Waals surface area contributed by atoms with Crippen molar-refractivity contribution in [3.05, 3.63) is 99.4 Å². The van der Waals surface area contributed by atoms with Crippen LogP contribution in [0, 0.1) is 0 Å². The van der Waals surface area contributed by atoms with E-state index in [0.717, 1.165) is 28.7 Å². The van der Waals surface area contributed by atoms with Crippen molar-refractivity contribution in [3.63, 3.8) is 0 Å². The summed E-state index contributed by atoms with van der Waals surface area (Å²) in [7, 11) is 0. The minimum atomic E-state index is -4.58. The lowest BCUT2D eigenvalue weighted by molar-refractivity contribution is -0.137. The lowest BCUT2D eigenvalue weighted by atomic mass is 10.1. The molecule has 11 heteroatoms. The number of para-hydroxylation sites is 1. The van der Waals surface area contributed by atoms with Gasteiger partial charge in [0, 0.05) is 16.3 Å². The fraction of sp³-hybridized carbons (Fsp3) is 0.115. The Morgan fingerprint density at radius 1 is 1.03 bits per heavy atom. The number of benzene rings is 3. The zero-order valence-electron chi connectivity index (χ0n) is 18.9. The van der Waals surface area contributed by atoms with Gasteiger partial charge in [-0.2, -0.15) is 13.2 Å². The minimum Gasteiger partial charge on any atom is -0.488 e. The maximum atomic E-state index is 12.9. The maximum absolute atomic E-state index is 12.9. The number of alkyl halides is 3. The highest BCUT2D eigenvalue weighted by molar-refractivity contribution is 8.18. The van der Waals surface area contributed by atoms with E-state index in [2.05, 4.69) is 5.32 Å². The number of carbonyl (C=O) groups is 3. The number of thioether (sulfide) groups is 1. The first-order chi connectivity index (χ1) is 17.6. The number of ether oxygens (including phenoxy) is 1. The van der Waals surface area contributed by atoms with Crippen molar-refractivity contribution in [2.45, 2.75) is 12.8 Å². The standard InChI is InChI=1S/C26H18ClF3N2O4S/c27-19-10-8-16(9-11-19)15-36-21-7-2-1-4-17(21)12-22-24(34)32(25(35)37-22)14-23(33)31-20-6-3-5-18(13-20)26(28,29)30/h1-13H,14-15H2,(H,31,33)/b22-12-. The Morgan fingerprint density at radius 2 is 1.76 bits per heavy atom. The highest BCUT2D eigenvalue weighted by atomic mass is 35.5. The molecule has 1 fully saturated rings. The molecule has 0 atom stereocenters. The molecule has 1 heterocycles. The lowest BCUT2D eigenvalue weighted by Gasteiger charge is -2.13. The van der Waals surface area contributed by atoms with Crippen LogP contribution in [0.5, 0.6) is 5.75 Å². The van der Waals surface area contributed by atoms with Gasteiger partial charge in [-0.25, -0.2) is 0 Å². The van der Waals surface area contributed by atoms with Crippen LogP contribution in [0.2, 0.25) is 5.02 Å². The van der Waals surface area contributed by atoms with E-state index in [0.29, 0.717) is 28.1 Å². The van der Waals surface area contributed by atoms with Gasteiger partial charge in [-0.15, -0.1) is 0 Å². The summed E-state index contributed by atoms with van der Waals surface area (Å²) in [4.78, 5) is 38.5. The molecule has 0 spiro atoms. The van der Waals surface area contributed by atoms with Crippen LogP contribution in [0.1, 0.15) is 16.7 Å². The molecule has 6 nitrogen and oxygen atoms in total. The van der Waals surface area contributed by atoms with E-state index in [-0.39, 0.29) is 17.2 Å². The Morgan fingerprint density at radius 3 is 2.49 bits per heavy atom. The van der Waals surface area contributed by atoms with Gasteiger partial charge in [0.15, 0.2) is 0 Å². The highest BCUT2D eigenvalue weighted by Gasteiger charge is 2.36. The zero-order chi connectivity index (χ0) is 26.6.